The van der Waals surface area contributed by atoms with Gasteiger partial charge in [0.15, 0.2) is 0 Å². The van der Waals surface area contributed by atoms with Crippen molar-refractivity contribution in [3.8, 4) is 0 Å². The lowest BCUT2D eigenvalue weighted by Crippen LogP contribution is -2.43. The number of benzene rings is 1. The van der Waals surface area contributed by atoms with E-state index in [4.69, 9.17) is 4.98 Å². The first-order valence-corrected chi connectivity index (χ1v) is 10.7. The molecule has 0 radical (unpaired) electrons. The predicted octanol–water partition coefficient (Wildman–Crippen LogP) is 3.60. The van der Waals surface area contributed by atoms with E-state index < -0.39 is 0 Å². The second-order valence-corrected chi connectivity index (χ2v) is 8.11. The molecule has 1 heterocycles. The van der Waals surface area contributed by atoms with Gasteiger partial charge in [-0.15, -0.1) is 0 Å². The Bertz CT molecular complexity index is 875. The molecule has 2 rings (SSSR count). The van der Waals surface area contributed by atoms with E-state index in [0.29, 0.717) is 23.3 Å². The number of aromatic nitrogens is 2. The number of para-hydroxylation sites is 1. The first-order chi connectivity index (χ1) is 13.8. The van der Waals surface area contributed by atoms with Gasteiger partial charge in [0.1, 0.15) is 5.82 Å². The van der Waals surface area contributed by atoms with Crippen molar-refractivity contribution in [1.82, 2.24) is 19.4 Å². The number of hydrogen-bond donors (Lipinski definition) is 0. The third kappa shape index (κ3) is 5.44. The molecule has 1 aromatic heterocycles. The van der Waals surface area contributed by atoms with Crippen molar-refractivity contribution in [3.63, 3.8) is 0 Å². The molecular weight excluding hydrogens is 364 g/mol. The lowest BCUT2D eigenvalue weighted by atomic mass is 9.97. The standard InChI is InChI=1S/C23H36N4O2/c1-7-9-12-18(8-2)22(28)27(16-15-25(4)5)17(3)21-24-20-14-11-10-13-19(20)23(29)26(21)6/h10-11,13-14,17-18H,7-9,12,15-16H2,1-6H3. The minimum Gasteiger partial charge on any atom is -0.331 e. The molecule has 6 nitrogen and oxygen atoms in total. The molecule has 0 spiro atoms. The quantitative estimate of drug-likeness (QED) is 0.611. The van der Waals surface area contributed by atoms with Crippen LogP contribution in [0.3, 0.4) is 0 Å². The zero-order chi connectivity index (χ0) is 21.6. The number of hydrogen-bond acceptors (Lipinski definition) is 4. The Balaban J connectivity index is 2.44. The average Bonchev–Trinajstić information content (AvgIpc) is 2.71. The van der Waals surface area contributed by atoms with Crippen molar-refractivity contribution in [2.45, 2.75) is 52.5 Å². The second-order valence-electron chi connectivity index (χ2n) is 8.11. The van der Waals surface area contributed by atoms with Crippen LogP contribution in [0.15, 0.2) is 29.1 Å². The smallest absolute Gasteiger partial charge is 0.261 e. The third-order valence-corrected chi connectivity index (χ3v) is 5.68. The number of carbonyl (C=O) groups is 1. The Morgan fingerprint density at radius 3 is 2.48 bits per heavy atom. The van der Waals surface area contributed by atoms with Crippen molar-refractivity contribution in [1.29, 1.82) is 0 Å². The van der Waals surface area contributed by atoms with E-state index in [0.717, 1.165) is 32.2 Å². The number of fused-ring (bicyclic) bond motifs is 1. The summed E-state index contributed by atoms with van der Waals surface area (Å²) in [7, 11) is 5.76. The van der Waals surface area contributed by atoms with Crippen LogP contribution in [0.5, 0.6) is 0 Å². The molecule has 29 heavy (non-hydrogen) atoms. The molecule has 2 aromatic rings. The molecule has 1 amide bonds. The number of unbranched alkanes of at least 4 members (excludes halogenated alkanes) is 1. The van der Waals surface area contributed by atoms with Gasteiger partial charge in [-0.2, -0.15) is 0 Å². The van der Waals surface area contributed by atoms with E-state index in [1.165, 1.54) is 0 Å². The van der Waals surface area contributed by atoms with Gasteiger partial charge in [0.2, 0.25) is 5.91 Å². The van der Waals surface area contributed by atoms with Crippen LogP contribution in [0, 0.1) is 5.92 Å². The van der Waals surface area contributed by atoms with Gasteiger partial charge in [0.25, 0.3) is 5.56 Å². The zero-order valence-electron chi connectivity index (χ0n) is 18.8. The maximum absolute atomic E-state index is 13.5. The first kappa shape index (κ1) is 23.1. The fourth-order valence-corrected chi connectivity index (χ4v) is 3.74. The molecule has 0 N–H and O–H groups in total. The van der Waals surface area contributed by atoms with E-state index in [1.807, 2.05) is 44.1 Å². The van der Waals surface area contributed by atoms with E-state index in [1.54, 1.807) is 17.7 Å². The van der Waals surface area contributed by atoms with Crippen molar-refractivity contribution in [2.75, 3.05) is 27.2 Å². The summed E-state index contributed by atoms with van der Waals surface area (Å²) in [6.45, 7) is 7.59. The van der Waals surface area contributed by atoms with Crippen molar-refractivity contribution < 1.29 is 4.79 Å². The Hall–Kier alpha value is -2.21. The monoisotopic (exact) mass is 400 g/mol. The molecule has 0 saturated carbocycles. The molecule has 2 atom stereocenters. The summed E-state index contributed by atoms with van der Waals surface area (Å²) in [5.74, 6) is 0.806. The molecule has 2 unspecified atom stereocenters. The highest BCUT2D eigenvalue weighted by Crippen LogP contribution is 2.24. The van der Waals surface area contributed by atoms with Crippen molar-refractivity contribution in [2.24, 2.45) is 13.0 Å². The van der Waals surface area contributed by atoms with E-state index in [9.17, 15) is 9.59 Å². The third-order valence-electron chi connectivity index (χ3n) is 5.68. The number of likely N-dealkylation sites (N-methyl/N-ethyl adjacent to an activating group) is 1. The average molecular weight is 401 g/mol. The zero-order valence-corrected chi connectivity index (χ0v) is 18.8. The molecule has 160 valence electrons. The first-order valence-electron chi connectivity index (χ1n) is 10.7. The number of carbonyl (C=O) groups excluding carboxylic acids is 1. The van der Waals surface area contributed by atoms with E-state index >= 15 is 0 Å². The summed E-state index contributed by atoms with van der Waals surface area (Å²) in [5.41, 5.74) is 0.603. The van der Waals surface area contributed by atoms with Crippen LogP contribution in [0.1, 0.15) is 58.3 Å². The maximum atomic E-state index is 13.5. The summed E-state index contributed by atoms with van der Waals surface area (Å²) >= 11 is 0. The molecule has 0 aliphatic rings. The molecular formula is C23H36N4O2. The maximum Gasteiger partial charge on any atom is 0.261 e. The summed E-state index contributed by atoms with van der Waals surface area (Å²) < 4.78 is 1.59. The largest absolute Gasteiger partial charge is 0.331 e. The second kappa shape index (κ2) is 10.5. The van der Waals surface area contributed by atoms with Crippen LogP contribution < -0.4 is 5.56 Å². The molecule has 0 saturated heterocycles. The summed E-state index contributed by atoms with van der Waals surface area (Å²) in [4.78, 5) is 35.1. The Kier molecular flexibility index (Phi) is 8.38. The molecule has 0 fully saturated rings. The van der Waals surface area contributed by atoms with Gasteiger partial charge in [-0.3, -0.25) is 14.2 Å². The highest BCUT2D eigenvalue weighted by Gasteiger charge is 2.29. The van der Waals surface area contributed by atoms with Gasteiger partial charge in [0.05, 0.1) is 16.9 Å². The molecule has 0 bridgehead atoms. The fraction of sp³-hybridized carbons (Fsp3) is 0.609. The van der Waals surface area contributed by atoms with Gasteiger partial charge in [-0.05, 0) is 46.0 Å². The predicted molar refractivity (Wildman–Crippen MR) is 119 cm³/mol. The highest BCUT2D eigenvalue weighted by molar-refractivity contribution is 5.80. The lowest BCUT2D eigenvalue weighted by molar-refractivity contribution is -0.138. The summed E-state index contributed by atoms with van der Waals surface area (Å²) in [5, 5.41) is 0.603. The van der Waals surface area contributed by atoms with Crippen LogP contribution in [-0.4, -0.2) is 52.4 Å². The van der Waals surface area contributed by atoms with Gasteiger partial charge in [-0.25, -0.2) is 4.98 Å². The van der Waals surface area contributed by atoms with Crippen molar-refractivity contribution >= 4 is 16.8 Å². The Morgan fingerprint density at radius 1 is 1.17 bits per heavy atom. The van der Waals surface area contributed by atoms with E-state index in [-0.39, 0.29) is 23.4 Å². The van der Waals surface area contributed by atoms with Crippen LogP contribution in [0.4, 0.5) is 0 Å². The summed E-state index contributed by atoms with van der Waals surface area (Å²) in [6.07, 6.45) is 3.86. The number of nitrogens with zero attached hydrogens (tertiary/aromatic N) is 4. The summed E-state index contributed by atoms with van der Waals surface area (Å²) in [6, 6.07) is 7.11. The van der Waals surface area contributed by atoms with Gasteiger partial charge in [0, 0.05) is 26.1 Å². The normalized spacial score (nSPS) is 13.6. The Morgan fingerprint density at radius 2 is 1.86 bits per heavy atom. The van der Waals surface area contributed by atoms with Gasteiger partial charge < -0.3 is 9.80 Å². The number of rotatable bonds is 10. The minimum atomic E-state index is -0.277. The molecule has 1 aromatic carbocycles. The Labute approximate surface area is 174 Å². The number of amides is 1. The van der Waals surface area contributed by atoms with Crippen LogP contribution in [-0.2, 0) is 11.8 Å². The van der Waals surface area contributed by atoms with Crippen LogP contribution in [0.2, 0.25) is 0 Å². The highest BCUT2D eigenvalue weighted by atomic mass is 16.2. The molecule has 6 heteroatoms. The van der Waals surface area contributed by atoms with Crippen molar-refractivity contribution in [3.05, 3.63) is 40.4 Å². The van der Waals surface area contributed by atoms with Crippen LogP contribution in [0.25, 0.3) is 10.9 Å². The van der Waals surface area contributed by atoms with Gasteiger partial charge in [-0.1, -0.05) is 38.8 Å². The molecule has 0 aliphatic heterocycles. The fourth-order valence-electron chi connectivity index (χ4n) is 3.74. The SMILES string of the molecule is CCCCC(CC)C(=O)N(CCN(C)C)C(C)c1nc2ccccc2c(=O)n1C. The molecule has 0 aliphatic carbocycles. The lowest BCUT2D eigenvalue weighted by Gasteiger charge is -2.33. The minimum absolute atomic E-state index is 0.0112. The van der Waals surface area contributed by atoms with Crippen LogP contribution >= 0.6 is 0 Å². The topological polar surface area (TPSA) is 58.4 Å². The van der Waals surface area contributed by atoms with Gasteiger partial charge >= 0.3 is 0 Å². The van der Waals surface area contributed by atoms with E-state index in [2.05, 4.69) is 18.7 Å².